The zero-order valence-electron chi connectivity index (χ0n) is 17.2. The fourth-order valence-electron chi connectivity index (χ4n) is 5.10. The zero-order valence-corrected chi connectivity index (χ0v) is 17.2. The number of fused-ring (bicyclic) bond motifs is 3. The number of piperazine rings is 1. The monoisotopic (exact) mass is 422 g/mol. The lowest BCUT2D eigenvalue weighted by molar-refractivity contribution is -0.136. The van der Waals surface area contributed by atoms with E-state index in [0.29, 0.717) is 12.3 Å². The van der Waals surface area contributed by atoms with Crippen molar-refractivity contribution in [2.75, 3.05) is 25.1 Å². The Hall–Kier alpha value is -3.23. The highest BCUT2D eigenvalue weighted by molar-refractivity contribution is 5.84. The molecule has 8 nitrogen and oxygen atoms in total. The van der Waals surface area contributed by atoms with Crippen LogP contribution in [-0.2, 0) is 4.79 Å². The molecule has 1 saturated carbocycles. The second kappa shape index (κ2) is 6.90. The Morgan fingerprint density at radius 1 is 1.19 bits per heavy atom. The van der Waals surface area contributed by atoms with Crippen molar-refractivity contribution >= 4 is 17.1 Å². The highest BCUT2D eigenvalue weighted by atomic mass is 19.1. The highest BCUT2D eigenvalue weighted by Crippen LogP contribution is 2.41. The topological polar surface area (TPSA) is 75.9 Å². The molecule has 2 aliphatic heterocycles. The molecule has 2 bridgehead atoms. The van der Waals surface area contributed by atoms with Crippen LogP contribution >= 0.6 is 0 Å². The van der Waals surface area contributed by atoms with Crippen LogP contribution < -0.4 is 9.64 Å². The largest absolute Gasteiger partial charge is 0.480 e. The van der Waals surface area contributed by atoms with Crippen LogP contribution in [0.5, 0.6) is 5.88 Å². The third-order valence-electron chi connectivity index (χ3n) is 6.77. The van der Waals surface area contributed by atoms with E-state index in [4.69, 9.17) is 4.74 Å². The average molecular weight is 422 g/mol. The summed E-state index contributed by atoms with van der Waals surface area (Å²) >= 11 is 0. The van der Waals surface area contributed by atoms with E-state index in [-0.39, 0.29) is 18.0 Å². The van der Waals surface area contributed by atoms with Gasteiger partial charge < -0.3 is 14.5 Å². The van der Waals surface area contributed by atoms with E-state index in [1.54, 1.807) is 19.5 Å². The molecule has 2 unspecified atom stereocenters. The van der Waals surface area contributed by atoms with E-state index in [0.717, 1.165) is 48.3 Å². The molecule has 3 aliphatic rings. The molecule has 0 aromatic carbocycles. The lowest BCUT2D eigenvalue weighted by atomic mass is 10.1. The maximum atomic E-state index is 13.5. The van der Waals surface area contributed by atoms with Crippen LogP contribution in [0.25, 0.3) is 16.6 Å². The summed E-state index contributed by atoms with van der Waals surface area (Å²) in [6, 6.07) is 6.27. The van der Waals surface area contributed by atoms with Crippen LogP contribution in [0.2, 0.25) is 0 Å². The summed E-state index contributed by atoms with van der Waals surface area (Å²) in [5.41, 5.74) is 3.98. The van der Waals surface area contributed by atoms with Gasteiger partial charge in [-0.1, -0.05) is 0 Å². The van der Waals surface area contributed by atoms with Gasteiger partial charge in [-0.15, -0.1) is 5.10 Å². The number of carbonyl (C=O) groups is 1. The van der Waals surface area contributed by atoms with Gasteiger partial charge in [0, 0.05) is 54.8 Å². The minimum atomic E-state index is -0.940. The van der Waals surface area contributed by atoms with Gasteiger partial charge in [0.25, 0.3) is 0 Å². The number of halogens is 1. The number of carbonyl (C=O) groups excluding carboxylic acids is 1. The van der Waals surface area contributed by atoms with Crippen molar-refractivity contribution in [1.29, 1.82) is 0 Å². The number of alkyl halides is 1. The Balaban J connectivity index is 1.30. The summed E-state index contributed by atoms with van der Waals surface area (Å²) in [6.45, 7) is 1.52. The fraction of sp³-hybridized carbons (Fsp3) is 0.455. The quantitative estimate of drug-likeness (QED) is 0.643. The van der Waals surface area contributed by atoms with Crippen molar-refractivity contribution < 1.29 is 13.9 Å². The van der Waals surface area contributed by atoms with Gasteiger partial charge in [0.2, 0.25) is 11.8 Å². The molecule has 31 heavy (non-hydrogen) atoms. The fourth-order valence-corrected chi connectivity index (χ4v) is 5.10. The Bertz CT molecular complexity index is 1150. The van der Waals surface area contributed by atoms with E-state index >= 15 is 0 Å². The standard InChI is InChI=1S/C22H23FN6O2/c1-31-21-7-13(9-24-26-21)14-6-20-19(4-5-25-28(20)10-14)27-11-15-2-3-16(12-27)29(15)22(30)17-8-18(17)23/h4-7,9-10,15-18H,2-3,8,11-12H2,1H3/t15?,16?,17-,18-/m1/s1. The SMILES string of the molecule is COc1cc(-c2cc3c(N4CC5CCC(C4)N5C(=O)[C@@H]4C[C@H]4F)ccnn3c2)cnn1. The zero-order chi connectivity index (χ0) is 21.1. The van der Waals surface area contributed by atoms with E-state index in [1.807, 2.05) is 27.7 Å². The Morgan fingerprint density at radius 3 is 2.68 bits per heavy atom. The smallest absolute Gasteiger partial charge is 0.233 e. The summed E-state index contributed by atoms with van der Waals surface area (Å²) < 4.78 is 20.5. The molecule has 0 spiro atoms. The lowest BCUT2D eigenvalue weighted by Gasteiger charge is -2.42. The number of anilines is 1. The molecule has 9 heteroatoms. The summed E-state index contributed by atoms with van der Waals surface area (Å²) in [6.07, 6.45) is 6.89. The van der Waals surface area contributed by atoms with Crippen molar-refractivity contribution in [3.8, 4) is 17.0 Å². The Labute approximate surface area is 178 Å². The number of amides is 1. The molecule has 1 amide bonds. The van der Waals surface area contributed by atoms with E-state index in [1.165, 1.54) is 0 Å². The first-order valence-electron chi connectivity index (χ1n) is 10.7. The summed E-state index contributed by atoms with van der Waals surface area (Å²) in [5.74, 6) is 0.0783. The molecule has 3 aromatic heterocycles. The molecule has 4 atom stereocenters. The van der Waals surface area contributed by atoms with E-state index in [9.17, 15) is 9.18 Å². The molecule has 1 aliphatic carbocycles. The second-order valence-corrected chi connectivity index (χ2v) is 8.66. The molecule has 3 fully saturated rings. The minimum absolute atomic E-state index is 0.0173. The van der Waals surface area contributed by atoms with Crippen LogP contribution in [0.1, 0.15) is 19.3 Å². The van der Waals surface area contributed by atoms with E-state index < -0.39 is 12.1 Å². The molecule has 2 saturated heterocycles. The number of aromatic nitrogens is 4. The number of ether oxygens (including phenoxy) is 1. The van der Waals surface area contributed by atoms with Crippen molar-refractivity contribution in [3.05, 3.63) is 36.8 Å². The van der Waals surface area contributed by atoms with E-state index in [2.05, 4.69) is 26.3 Å². The summed E-state index contributed by atoms with van der Waals surface area (Å²) in [4.78, 5) is 17.1. The number of methoxy groups -OCH3 is 1. The van der Waals surface area contributed by atoms with Crippen LogP contribution in [-0.4, -0.2) is 69.1 Å². The number of rotatable bonds is 4. The van der Waals surface area contributed by atoms with Gasteiger partial charge in [-0.05, 0) is 31.4 Å². The van der Waals surface area contributed by atoms with Gasteiger partial charge in [-0.3, -0.25) is 4.79 Å². The molecule has 0 radical (unpaired) electrons. The summed E-state index contributed by atoms with van der Waals surface area (Å²) in [7, 11) is 1.57. The number of nitrogens with zero attached hydrogens (tertiary/aromatic N) is 6. The van der Waals surface area contributed by atoms with Gasteiger partial charge in [0.05, 0.1) is 30.4 Å². The maximum Gasteiger partial charge on any atom is 0.233 e. The number of hydrogen-bond donors (Lipinski definition) is 0. The molecule has 0 N–H and O–H groups in total. The lowest BCUT2D eigenvalue weighted by Crippen LogP contribution is -2.56. The molecular weight excluding hydrogens is 399 g/mol. The van der Waals surface area contributed by atoms with Crippen molar-refractivity contribution in [2.24, 2.45) is 5.92 Å². The van der Waals surface area contributed by atoms with Crippen LogP contribution in [0.15, 0.2) is 36.8 Å². The van der Waals surface area contributed by atoms with Crippen molar-refractivity contribution in [1.82, 2.24) is 24.7 Å². The first-order chi connectivity index (χ1) is 15.1. The first-order valence-corrected chi connectivity index (χ1v) is 10.7. The highest BCUT2D eigenvalue weighted by Gasteiger charge is 2.51. The van der Waals surface area contributed by atoms with Gasteiger partial charge in [-0.2, -0.15) is 10.2 Å². The number of hydrogen-bond acceptors (Lipinski definition) is 6. The molecular formula is C22H23FN6O2. The summed E-state index contributed by atoms with van der Waals surface area (Å²) in [5, 5.41) is 12.4. The normalized spacial score (nSPS) is 27.0. The maximum absolute atomic E-state index is 13.5. The predicted molar refractivity (Wildman–Crippen MR) is 112 cm³/mol. The van der Waals surface area contributed by atoms with Crippen molar-refractivity contribution in [3.63, 3.8) is 0 Å². The van der Waals surface area contributed by atoms with Gasteiger partial charge in [-0.25, -0.2) is 8.91 Å². The average Bonchev–Trinajstić information content (AvgIpc) is 3.25. The van der Waals surface area contributed by atoms with Crippen LogP contribution in [0.3, 0.4) is 0 Å². The van der Waals surface area contributed by atoms with Gasteiger partial charge in [0.1, 0.15) is 6.17 Å². The van der Waals surface area contributed by atoms with Crippen LogP contribution in [0.4, 0.5) is 10.1 Å². The first kappa shape index (κ1) is 18.5. The Kier molecular flexibility index (Phi) is 4.12. The van der Waals surface area contributed by atoms with Gasteiger partial charge in [0.15, 0.2) is 0 Å². The van der Waals surface area contributed by atoms with Crippen molar-refractivity contribution in [2.45, 2.75) is 37.5 Å². The molecule has 3 aromatic rings. The third kappa shape index (κ3) is 3.02. The third-order valence-corrected chi connectivity index (χ3v) is 6.77. The predicted octanol–water partition coefficient (Wildman–Crippen LogP) is 2.34. The minimum Gasteiger partial charge on any atom is -0.480 e. The second-order valence-electron chi connectivity index (χ2n) is 8.66. The molecule has 160 valence electrons. The van der Waals surface area contributed by atoms with Gasteiger partial charge >= 0.3 is 0 Å². The Morgan fingerprint density at radius 2 is 1.97 bits per heavy atom. The van der Waals surface area contributed by atoms with Crippen LogP contribution in [0, 0.1) is 5.92 Å². The molecule has 6 rings (SSSR count). The molecule has 5 heterocycles.